The molecule has 27 heavy (non-hydrogen) atoms. The van der Waals surface area contributed by atoms with E-state index in [1.54, 1.807) is 6.20 Å². The van der Waals surface area contributed by atoms with Gasteiger partial charge in [-0.25, -0.2) is 4.98 Å². The normalized spacial score (nSPS) is 17.8. The van der Waals surface area contributed by atoms with Gasteiger partial charge >= 0.3 is 0 Å². The molecule has 1 N–H and O–H groups in total. The number of pyridine rings is 2. The van der Waals surface area contributed by atoms with Gasteiger partial charge in [0.15, 0.2) is 0 Å². The first-order valence-corrected chi connectivity index (χ1v) is 9.85. The third-order valence-corrected chi connectivity index (χ3v) is 5.32. The number of carbonyl (C=O) groups is 1. The fraction of sp³-hybridized carbons (Fsp3) is 0.286. The van der Waals surface area contributed by atoms with E-state index in [-0.39, 0.29) is 18.1 Å². The molecular weight excluding hydrogens is 406 g/mol. The van der Waals surface area contributed by atoms with Crippen LogP contribution >= 0.6 is 15.9 Å². The summed E-state index contributed by atoms with van der Waals surface area (Å²) in [6.45, 7) is 2.76. The second kappa shape index (κ2) is 7.74. The molecule has 138 valence electrons. The van der Waals surface area contributed by atoms with E-state index >= 15 is 0 Å². The van der Waals surface area contributed by atoms with Crippen LogP contribution in [0.15, 0.2) is 53.1 Å². The number of nitrogens with zero attached hydrogens (tertiary/aromatic N) is 2. The van der Waals surface area contributed by atoms with Crippen molar-refractivity contribution < 1.29 is 9.53 Å². The molecule has 0 radical (unpaired) electrons. The monoisotopic (exact) mass is 425 g/mol. The van der Waals surface area contributed by atoms with Crippen molar-refractivity contribution in [3.05, 3.63) is 58.7 Å². The highest BCUT2D eigenvalue weighted by molar-refractivity contribution is 9.10. The number of hydrogen-bond donors (Lipinski definition) is 1. The lowest BCUT2D eigenvalue weighted by Gasteiger charge is -2.20. The van der Waals surface area contributed by atoms with Crippen molar-refractivity contribution in [2.75, 3.05) is 6.61 Å². The highest BCUT2D eigenvalue weighted by Gasteiger charge is 2.25. The Morgan fingerprint density at radius 1 is 1.26 bits per heavy atom. The van der Waals surface area contributed by atoms with Crippen LogP contribution in [-0.4, -0.2) is 34.6 Å². The van der Waals surface area contributed by atoms with Gasteiger partial charge in [-0.1, -0.05) is 22.0 Å². The zero-order chi connectivity index (χ0) is 18.8. The fourth-order valence-corrected chi connectivity index (χ4v) is 3.77. The Morgan fingerprint density at radius 3 is 2.89 bits per heavy atom. The lowest BCUT2D eigenvalue weighted by atomic mass is 10.0. The molecule has 5 nitrogen and oxygen atoms in total. The summed E-state index contributed by atoms with van der Waals surface area (Å²) in [4.78, 5) is 22.2. The molecule has 1 saturated heterocycles. The predicted octanol–water partition coefficient (Wildman–Crippen LogP) is 4.36. The highest BCUT2D eigenvalue weighted by Crippen LogP contribution is 2.27. The number of hydrogen-bond acceptors (Lipinski definition) is 4. The van der Waals surface area contributed by atoms with Crippen molar-refractivity contribution in [1.29, 1.82) is 0 Å². The number of fused-ring (bicyclic) bond motifs is 1. The molecule has 1 aliphatic rings. The molecule has 4 rings (SSSR count). The van der Waals surface area contributed by atoms with Gasteiger partial charge in [0.25, 0.3) is 5.91 Å². The third kappa shape index (κ3) is 3.87. The van der Waals surface area contributed by atoms with Crippen molar-refractivity contribution in [3.63, 3.8) is 0 Å². The first-order valence-electron chi connectivity index (χ1n) is 9.06. The zero-order valence-electron chi connectivity index (χ0n) is 15.0. The van der Waals surface area contributed by atoms with Gasteiger partial charge in [-0.05, 0) is 56.2 Å². The number of carbonyl (C=O) groups excluding carboxylic acids is 1. The average molecular weight is 426 g/mol. The van der Waals surface area contributed by atoms with E-state index in [1.165, 1.54) is 0 Å². The van der Waals surface area contributed by atoms with E-state index < -0.39 is 0 Å². The lowest BCUT2D eigenvalue weighted by molar-refractivity contribution is 0.0713. The summed E-state index contributed by atoms with van der Waals surface area (Å²) in [6, 6.07) is 13.2. The molecule has 1 fully saturated rings. The minimum atomic E-state index is -0.124. The molecule has 3 heterocycles. The van der Waals surface area contributed by atoms with E-state index in [9.17, 15) is 4.79 Å². The van der Waals surface area contributed by atoms with Crippen molar-refractivity contribution in [1.82, 2.24) is 15.3 Å². The minimum absolute atomic E-state index is 0.0475. The van der Waals surface area contributed by atoms with Gasteiger partial charge < -0.3 is 10.1 Å². The zero-order valence-corrected chi connectivity index (χ0v) is 16.6. The predicted molar refractivity (Wildman–Crippen MR) is 109 cm³/mol. The molecule has 0 bridgehead atoms. The van der Waals surface area contributed by atoms with Crippen LogP contribution in [0.4, 0.5) is 0 Å². The number of aromatic nitrogens is 2. The maximum Gasteiger partial charge on any atom is 0.252 e. The van der Waals surface area contributed by atoms with Crippen LogP contribution in [0.25, 0.3) is 22.3 Å². The molecule has 2 atom stereocenters. The van der Waals surface area contributed by atoms with E-state index in [4.69, 9.17) is 9.72 Å². The van der Waals surface area contributed by atoms with Gasteiger partial charge in [0, 0.05) is 22.7 Å². The Balaban J connectivity index is 1.75. The molecule has 2 unspecified atom stereocenters. The van der Waals surface area contributed by atoms with E-state index in [2.05, 4.69) is 26.2 Å². The minimum Gasteiger partial charge on any atom is -0.376 e. The molecule has 2 aromatic heterocycles. The molecule has 0 saturated carbocycles. The van der Waals surface area contributed by atoms with Crippen LogP contribution in [-0.2, 0) is 4.74 Å². The lowest BCUT2D eigenvalue weighted by Crippen LogP contribution is -2.40. The number of ether oxygens (including phenoxy) is 1. The summed E-state index contributed by atoms with van der Waals surface area (Å²) >= 11 is 3.49. The second-order valence-corrected chi connectivity index (χ2v) is 7.66. The maximum atomic E-state index is 13.1. The van der Waals surface area contributed by atoms with Gasteiger partial charge in [0.05, 0.1) is 34.6 Å². The van der Waals surface area contributed by atoms with E-state index in [0.29, 0.717) is 11.3 Å². The largest absolute Gasteiger partial charge is 0.376 e. The van der Waals surface area contributed by atoms with Gasteiger partial charge in [-0.3, -0.25) is 9.78 Å². The summed E-state index contributed by atoms with van der Waals surface area (Å²) in [6.07, 6.45) is 3.81. The number of benzene rings is 1. The van der Waals surface area contributed by atoms with Crippen LogP contribution in [0.3, 0.4) is 0 Å². The molecule has 1 amide bonds. The fourth-order valence-electron chi connectivity index (χ4n) is 3.41. The van der Waals surface area contributed by atoms with E-state index in [1.807, 2.05) is 49.4 Å². The summed E-state index contributed by atoms with van der Waals surface area (Å²) in [5.74, 6) is -0.124. The maximum absolute atomic E-state index is 13.1. The summed E-state index contributed by atoms with van der Waals surface area (Å²) in [5, 5.41) is 3.91. The van der Waals surface area contributed by atoms with Crippen molar-refractivity contribution in [2.45, 2.75) is 31.9 Å². The summed E-state index contributed by atoms with van der Waals surface area (Å²) in [7, 11) is 0. The molecule has 3 aromatic rings. The molecular formula is C21H20BrN3O2. The smallest absolute Gasteiger partial charge is 0.252 e. The molecule has 1 aliphatic heterocycles. The number of nitrogens with one attached hydrogen (secondary N) is 1. The SMILES string of the molecule is CC(NC(=O)c1cc(-c2ccccn2)nc2ccc(Br)cc12)C1CCCO1. The average Bonchev–Trinajstić information content (AvgIpc) is 3.23. The molecule has 0 aliphatic carbocycles. The highest BCUT2D eigenvalue weighted by atomic mass is 79.9. The topological polar surface area (TPSA) is 64.1 Å². The van der Waals surface area contributed by atoms with Gasteiger partial charge in [0.2, 0.25) is 0 Å². The number of rotatable bonds is 4. The van der Waals surface area contributed by atoms with Gasteiger partial charge in [-0.2, -0.15) is 0 Å². The van der Waals surface area contributed by atoms with E-state index in [0.717, 1.165) is 40.5 Å². The van der Waals surface area contributed by atoms with Crippen LogP contribution in [0.1, 0.15) is 30.1 Å². The number of amides is 1. The molecule has 6 heteroatoms. The van der Waals surface area contributed by atoms with Crippen molar-refractivity contribution >= 4 is 32.7 Å². The Hall–Kier alpha value is -2.31. The van der Waals surface area contributed by atoms with Gasteiger partial charge in [-0.15, -0.1) is 0 Å². The van der Waals surface area contributed by atoms with Gasteiger partial charge in [0.1, 0.15) is 0 Å². The molecule has 0 spiro atoms. The van der Waals surface area contributed by atoms with Crippen LogP contribution in [0.5, 0.6) is 0 Å². The third-order valence-electron chi connectivity index (χ3n) is 4.82. The number of halogens is 1. The Labute approximate surface area is 166 Å². The quantitative estimate of drug-likeness (QED) is 0.674. The molecule has 1 aromatic carbocycles. The Morgan fingerprint density at radius 2 is 2.15 bits per heavy atom. The second-order valence-electron chi connectivity index (χ2n) is 6.75. The van der Waals surface area contributed by atoms with Crippen LogP contribution in [0, 0.1) is 0 Å². The van der Waals surface area contributed by atoms with Crippen LogP contribution < -0.4 is 5.32 Å². The summed E-state index contributed by atoms with van der Waals surface area (Å²) in [5.41, 5.74) is 2.77. The first kappa shape index (κ1) is 18.1. The summed E-state index contributed by atoms with van der Waals surface area (Å²) < 4.78 is 6.61. The first-order chi connectivity index (χ1) is 13.1. The van der Waals surface area contributed by atoms with Crippen LogP contribution in [0.2, 0.25) is 0 Å². The van der Waals surface area contributed by atoms with Crippen molar-refractivity contribution in [2.24, 2.45) is 0 Å². The standard InChI is InChI=1S/C21H20BrN3O2/c1-13(20-6-4-10-27-20)24-21(26)16-12-19(18-5-2-3-9-23-18)25-17-8-7-14(22)11-15(16)17/h2-3,5,7-9,11-13,20H,4,6,10H2,1H3,(H,24,26). The Kier molecular flexibility index (Phi) is 5.18. The van der Waals surface area contributed by atoms with Crippen molar-refractivity contribution in [3.8, 4) is 11.4 Å². The Bertz CT molecular complexity index is 972.